The molecule has 0 saturated heterocycles. The Kier molecular flexibility index (Phi) is 3.29. The summed E-state index contributed by atoms with van der Waals surface area (Å²) in [6.07, 6.45) is 3.85. The number of rotatable bonds is 3. The molecule has 0 aliphatic carbocycles. The highest BCUT2D eigenvalue weighted by Crippen LogP contribution is 2.20. The van der Waals surface area contributed by atoms with E-state index in [9.17, 15) is 0 Å². The first kappa shape index (κ1) is 11.2. The molecule has 2 aromatic rings. The van der Waals surface area contributed by atoms with Gasteiger partial charge in [-0.05, 0) is 32.2 Å². The molecular formula is C12H15N3S. The van der Waals surface area contributed by atoms with Gasteiger partial charge in [-0.1, -0.05) is 12.1 Å². The van der Waals surface area contributed by atoms with Crippen LogP contribution in [0.5, 0.6) is 0 Å². The molecule has 84 valence electrons. The fourth-order valence-electron chi connectivity index (χ4n) is 1.40. The summed E-state index contributed by atoms with van der Waals surface area (Å²) < 4.78 is 1.87. The van der Waals surface area contributed by atoms with E-state index in [0.717, 1.165) is 11.4 Å². The van der Waals surface area contributed by atoms with E-state index in [4.69, 9.17) is 0 Å². The Bertz CT molecular complexity index is 459. The number of aromatic nitrogens is 3. The predicted molar refractivity (Wildman–Crippen MR) is 67.6 cm³/mol. The van der Waals surface area contributed by atoms with E-state index in [1.807, 2.05) is 4.68 Å². The van der Waals surface area contributed by atoms with Crippen LogP contribution >= 0.6 is 11.8 Å². The van der Waals surface area contributed by atoms with Crippen LogP contribution in [0.2, 0.25) is 0 Å². The van der Waals surface area contributed by atoms with Gasteiger partial charge in [0.25, 0.3) is 0 Å². The molecule has 4 heteroatoms. The second-order valence-corrected chi connectivity index (χ2v) is 4.75. The maximum atomic E-state index is 4.43. The zero-order valence-electron chi connectivity index (χ0n) is 9.71. The van der Waals surface area contributed by atoms with Crippen molar-refractivity contribution in [1.82, 2.24) is 14.8 Å². The van der Waals surface area contributed by atoms with Gasteiger partial charge in [-0.25, -0.2) is 9.67 Å². The van der Waals surface area contributed by atoms with Crippen molar-refractivity contribution in [3.05, 3.63) is 30.6 Å². The standard InChI is InChI=1S/C12H15N3S/c1-9(2)15-8-13-12(14-15)10-4-6-11(16-3)7-5-10/h4-9H,1-3H3. The van der Waals surface area contributed by atoms with Crippen molar-refractivity contribution in [2.75, 3.05) is 6.26 Å². The molecule has 0 N–H and O–H groups in total. The van der Waals surface area contributed by atoms with Crippen LogP contribution in [0.15, 0.2) is 35.5 Å². The molecule has 1 aromatic carbocycles. The van der Waals surface area contributed by atoms with Gasteiger partial charge in [-0.15, -0.1) is 11.8 Å². The molecule has 0 amide bonds. The van der Waals surface area contributed by atoms with Gasteiger partial charge in [0.2, 0.25) is 0 Å². The van der Waals surface area contributed by atoms with Crippen LogP contribution in [-0.4, -0.2) is 21.0 Å². The molecule has 0 atom stereocenters. The fraction of sp³-hybridized carbons (Fsp3) is 0.333. The molecule has 0 fully saturated rings. The van der Waals surface area contributed by atoms with Gasteiger partial charge >= 0.3 is 0 Å². The van der Waals surface area contributed by atoms with Crippen molar-refractivity contribution >= 4 is 11.8 Å². The third-order valence-corrected chi connectivity index (χ3v) is 3.13. The van der Waals surface area contributed by atoms with E-state index in [2.05, 4.69) is 54.5 Å². The molecule has 2 rings (SSSR count). The minimum absolute atomic E-state index is 0.353. The quantitative estimate of drug-likeness (QED) is 0.762. The number of hydrogen-bond donors (Lipinski definition) is 0. The molecule has 0 saturated carbocycles. The van der Waals surface area contributed by atoms with Gasteiger partial charge in [0.1, 0.15) is 6.33 Å². The average Bonchev–Trinajstić information content (AvgIpc) is 2.78. The van der Waals surface area contributed by atoms with Gasteiger partial charge in [-0.2, -0.15) is 5.10 Å². The molecule has 0 aliphatic rings. The molecule has 0 radical (unpaired) electrons. The molecule has 0 bridgehead atoms. The Hall–Kier alpha value is -1.29. The van der Waals surface area contributed by atoms with Crippen molar-refractivity contribution in [2.45, 2.75) is 24.8 Å². The van der Waals surface area contributed by atoms with Crippen molar-refractivity contribution in [2.24, 2.45) is 0 Å². The van der Waals surface area contributed by atoms with Gasteiger partial charge in [0.15, 0.2) is 5.82 Å². The van der Waals surface area contributed by atoms with E-state index in [1.165, 1.54) is 4.90 Å². The van der Waals surface area contributed by atoms with Crippen molar-refractivity contribution in [1.29, 1.82) is 0 Å². The number of thioether (sulfide) groups is 1. The van der Waals surface area contributed by atoms with Crippen molar-refractivity contribution in [3.8, 4) is 11.4 Å². The Morgan fingerprint density at radius 1 is 1.19 bits per heavy atom. The topological polar surface area (TPSA) is 30.7 Å². The van der Waals surface area contributed by atoms with Crippen molar-refractivity contribution in [3.63, 3.8) is 0 Å². The highest BCUT2D eigenvalue weighted by atomic mass is 32.2. The first-order chi connectivity index (χ1) is 7.70. The third-order valence-electron chi connectivity index (χ3n) is 2.39. The predicted octanol–water partition coefficient (Wildman–Crippen LogP) is 3.25. The second kappa shape index (κ2) is 4.70. The summed E-state index contributed by atoms with van der Waals surface area (Å²) in [5.74, 6) is 0.793. The highest BCUT2D eigenvalue weighted by Gasteiger charge is 2.05. The average molecular weight is 233 g/mol. The number of nitrogens with zero attached hydrogens (tertiary/aromatic N) is 3. The lowest BCUT2D eigenvalue weighted by Crippen LogP contribution is -2.00. The van der Waals surface area contributed by atoms with Crippen LogP contribution in [0, 0.1) is 0 Å². The largest absolute Gasteiger partial charge is 0.250 e. The zero-order chi connectivity index (χ0) is 11.5. The van der Waals surface area contributed by atoms with Gasteiger partial charge in [-0.3, -0.25) is 0 Å². The van der Waals surface area contributed by atoms with Crippen LogP contribution < -0.4 is 0 Å². The summed E-state index contributed by atoms with van der Waals surface area (Å²) >= 11 is 1.74. The van der Waals surface area contributed by atoms with E-state index in [0.29, 0.717) is 6.04 Å². The normalized spacial score (nSPS) is 11.0. The monoisotopic (exact) mass is 233 g/mol. The molecule has 3 nitrogen and oxygen atoms in total. The molecule has 0 unspecified atom stereocenters. The zero-order valence-corrected chi connectivity index (χ0v) is 10.5. The Morgan fingerprint density at radius 2 is 1.88 bits per heavy atom. The number of benzene rings is 1. The summed E-state index contributed by atoms with van der Waals surface area (Å²) in [6.45, 7) is 4.19. The van der Waals surface area contributed by atoms with E-state index >= 15 is 0 Å². The van der Waals surface area contributed by atoms with Gasteiger partial charge in [0.05, 0.1) is 0 Å². The van der Waals surface area contributed by atoms with Crippen LogP contribution in [0.3, 0.4) is 0 Å². The minimum Gasteiger partial charge on any atom is -0.250 e. The minimum atomic E-state index is 0.353. The molecule has 0 aliphatic heterocycles. The van der Waals surface area contributed by atoms with E-state index < -0.39 is 0 Å². The van der Waals surface area contributed by atoms with Crippen LogP contribution in [0.25, 0.3) is 11.4 Å². The maximum Gasteiger partial charge on any atom is 0.181 e. The van der Waals surface area contributed by atoms with Gasteiger partial charge in [0, 0.05) is 16.5 Å². The summed E-state index contributed by atoms with van der Waals surface area (Å²) in [5, 5.41) is 4.43. The first-order valence-corrected chi connectivity index (χ1v) is 6.48. The Morgan fingerprint density at radius 3 is 2.38 bits per heavy atom. The molecule has 1 aromatic heterocycles. The van der Waals surface area contributed by atoms with Gasteiger partial charge < -0.3 is 0 Å². The second-order valence-electron chi connectivity index (χ2n) is 3.87. The fourth-order valence-corrected chi connectivity index (χ4v) is 1.80. The first-order valence-electron chi connectivity index (χ1n) is 5.26. The summed E-state index contributed by atoms with van der Waals surface area (Å²) in [5.41, 5.74) is 1.07. The molecular weight excluding hydrogens is 218 g/mol. The summed E-state index contributed by atoms with van der Waals surface area (Å²) in [4.78, 5) is 5.56. The van der Waals surface area contributed by atoms with E-state index in [1.54, 1.807) is 18.1 Å². The Balaban J connectivity index is 2.28. The number of hydrogen-bond acceptors (Lipinski definition) is 3. The SMILES string of the molecule is CSc1ccc(-c2ncn(C(C)C)n2)cc1. The molecule has 1 heterocycles. The lowest BCUT2D eigenvalue weighted by Gasteiger charge is -2.02. The lowest BCUT2D eigenvalue weighted by molar-refractivity contribution is 0.532. The summed E-state index contributed by atoms with van der Waals surface area (Å²) in [6, 6.07) is 8.66. The maximum absolute atomic E-state index is 4.43. The highest BCUT2D eigenvalue weighted by molar-refractivity contribution is 7.98. The molecule has 16 heavy (non-hydrogen) atoms. The van der Waals surface area contributed by atoms with Crippen LogP contribution in [-0.2, 0) is 0 Å². The third kappa shape index (κ3) is 2.27. The van der Waals surface area contributed by atoms with E-state index in [-0.39, 0.29) is 0 Å². The lowest BCUT2D eigenvalue weighted by atomic mass is 10.2. The summed E-state index contributed by atoms with van der Waals surface area (Å²) in [7, 11) is 0. The van der Waals surface area contributed by atoms with Crippen molar-refractivity contribution < 1.29 is 0 Å². The van der Waals surface area contributed by atoms with Crippen LogP contribution in [0.4, 0.5) is 0 Å². The molecule has 0 spiro atoms. The Labute approximate surface area is 99.9 Å². The van der Waals surface area contributed by atoms with Crippen LogP contribution in [0.1, 0.15) is 19.9 Å². The smallest absolute Gasteiger partial charge is 0.181 e.